The molecule has 0 aliphatic carbocycles. The molecule has 3 aromatic rings. The molecule has 1 unspecified atom stereocenters. The first-order valence-corrected chi connectivity index (χ1v) is 11.2. The second-order valence-electron chi connectivity index (χ2n) is 6.43. The minimum atomic E-state index is -1.28. The summed E-state index contributed by atoms with van der Waals surface area (Å²) in [4.78, 5) is 20.7. The number of carbonyl (C=O) groups excluding carboxylic acids is 1. The highest BCUT2D eigenvalue weighted by atomic mass is 32.2. The third-order valence-corrected chi connectivity index (χ3v) is 6.22. The van der Waals surface area contributed by atoms with Crippen LogP contribution in [0.25, 0.3) is 11.5 Å². The molecule has 2 heterocycles. The summed E-state index contributed by atoms with van der Waals surface area (Å²) in [6.07, 6.45) is 3.72. The number of nitrogens with zero attached hydrogens (tertiary/aromatic N) is 2. The highest BCUT2D eigenvalue weighted by Gasteiger charge is 2.16. The summed E-state index contributed by atoms with van der Waals surface area (Å²) in [6, 6.07) is 7.90. The van der Waals surface area contributed by atoms with Crippen molar-refractivity contribution in [3.8, 4) is 11.5 Å². The number of aromatic nitrogens is 2. The van der Waals surface area contributed by atoms with Gasteiger partial charge < -0.3 is 4.42 Å². The van der Waals surface area contributed by atoms with Gasteiger partial charge in [-0.3, -0.25) is 9.00 Å². The third-order valence-electron chi connectivity index (χ3n) is 4.14. The average molecular weight is 403 g/mol. The SMILES string of the molecule is Cc1ccc(-c2nc(CS(=O)CC(=O)CCCc3nccs3)c(C)o2)cc1. The van der Waals surface area contributed by atoms with E-state index in [0.29, 0.717) is 23.8 Å². The lowest BCUT2D eigenvalue weighted by Crippen LogP contribution is -2.12. The number of benzene rings is 1. The van der Waals surface area contributed by atoms with E-state index in [2.05, 4.69) is 9.97 Å². The Bertz CT molecular complexity index is 915. The van der Waals surface area contributed by atoms with Crippen molar-refractivity contribution in [2.24, 2.45) is 0 Å². The van der Waals surface area contributed by atoms with E-state index in [1.807, 2.05) is 43.5 Å². The van der Waals surface area contributed by atoms with E-state index in [9.17, 15) is 9.00 Å². The fourth-order valence-corrected chi connectivity index (χ4v) is 4.49. The Hall–Kier alpha value is -2.12. The summed E-state index contributed by atoms with van der Waals surface area (Å²) < 4.78 is 18.1. The highest BCUT2D eigenvalue weighted by Crippen LogP contribution is 2.23. The second kappa shape index (κ2) is 9.19. The number of carbonyl (C=O) groups is 1. The van der Waals surface area contributed by atoms with Gasteiger partial charge in [-0.25, -0.2) is 9.97 Å². The Labute approximate surface area is 165 Å². The van der Waals surface area contributed by atoms with Crippen LogP contribution in [0, 0.1) is 13.8 Å². The summed E-state index contributed by atoms with van der Waals surface area (Å²) in [7, 11) is -1.28. The van der Waals surface area contributed by atoms with Gasteiger partial charge in [0.1, 0.15) is 11.5 Å². The summed E-state index contributed by atoms with van der Waals surface area (Å²) >= 11 is 1.59. The maximum absolute atomic E-state index is 12.4. The predicted molar refractivity (Wildman–Crippen MR) is 108 cm³/mol. The van der Waals surface area contributed by atoms with E-state index < -0.39 is 10.8 Å². The van der Waals surface area contributed by atoms with Gasteiger partial charge >= 0.3 is 0 Å². The highest BCUT2D eigenvalue weighted by molar-refractivity contribution is 7.84. The molecule has 3 rings (SSSR count). The molecule has 0 aliphatic heterocycles. The van der Waals surface area contributed by atoms with Crippen LogP contribution in [0.15, 0.2) is 40.3 Å². The molecule has 1 atom stereocenters. The van der Waals surface area contributed by atoms with Crippen molar-refractivity contribution in [1.29, 1.82) is 0 Å². The minimum absolute atomic E-state index is 0.0183. The van der Waals surface area contributed by atoms with Crippen LogP contribution in [0.3, 0.4) is 0 Å². The van der Waals surface area contributed by atoms with Crippen LogP contribution in [0.2, 0.25) is 0 Å². The normalized spacial score (nSPS) is 12.2. The molecule has 27 heavy (non-hydrogen) atoms. The Balaban J connectivity index is 1.51. The van der Waals surface area contributed by atoms with Crippen LogP contribution in [-0.2, 0) is 27.8 Å². The van der Waals surface area contributed by atoms with Crippen molar-refractivity contribution in [3.63, 3.8) is 0 Å². The van der Waals surface area contributed by atoms with Gasteiger partial charge in [0.05, 0.1) is 22.2 Å². The molecule has 0 amide bonds. The molecule has 0 radical (unpaired) electrons. The topological polar surface area (TPSA) is 73.1 Å². The van der Waals surface area contributed by atoms with Crippen LogP contribution in [0.1, 0.15) is 34.9 Å². The van der Waals surface area contributed by atoms with E-state index in [-0.39, 0.29) is 17.3 Å². The van der Waals surface area contributed by atoms with E-state index in [4.69, 9.17) is 4.42 Å². The van der Waals surface area contributed by atoms with Crippen molar-refractivity contribution in [1.82, 2.24) is 9.97 Å². The van der Waals surface area contributed by atoms with E-state index in [1.54, 1.807) is 17.5 Å². The van der Waals surface area contributed by atoms with Crippen LogP contribution in [-0.4, -0.2) is 25.7 Å². The zero-order valence-electron chi connectivity index (χ0n) is 15.4. The molecule has 0 spiro atoms. The Kier molecular flexibility index (Phi) is 6.68. The molecule has 2 aromatic heterocycles. The standard InChI is InChI=1S/C20H22N2O3S2/c1-14-6-8-16(9-7-14)20-22-18(15(2)25-20)13-27(24)12-17(23)4-3-5-19-21-10-11-26-19/h6-11H,3-5,12-13H2,1-2H3. The van der Waals surface area contributed by atoms with E-state index >= 15 is 0 Å². The van der Waals surface area contributed by atoms with Crippen LogP contribution >= 0.6 is 11.3 Å². The molecule has 0 aliphatic rings. The molecular weight excluding hydrogens is 380 g/mol. The Morgan fingerprint density at radius 1 is 1.22 bits per heavy atom. The second-order valence-corrected chi connectivity index (χ2v) is 8.87. The number of aryl methyl sites for hydroxylation is 3. The van der Waals surface area contributed by atoms with E-state index in [1.165, 1.54) is 0 Å². The quantitative estimate of drug-likeness (QED) is 0.535. The van der Waals surface area contributed by atoms with Crippen molar-refractivity contribution in [2.45, 2.75) is 38.9 Å². The molecule has 1 aromatic carbocycles. The van der Waals surface area contributed by atoms with E-state index in [0.717, 1.165) is 29.0 Å². The molecule has 0 fully saturated rings. The molecular formula is C20H22N2O3S2. The molecule has 0 N–H and O–H groups in total. The average Bonchev–Trinajstić information content (AvgIpc) is 3.26. The van der Waals surface area contributed by atoms with Crippen molar-refractivity contribution >= 4 is 27.9 Å². The predicted octanol–water partition coefficient (Wildman–Crippen LogP) is 4.26. The lowest BCUT2D eigenvalue weighted by Gasteiger charge is -2.01. The molecule has 0 saturated heterocycles. The number of Topliss-reactive ketones (excluding diaryl/α,β-unsaturated/α-hetero) is 1. The summed E-state index contributed by atoms with van der Waals surface area (Å²) in [5, 5.41) is 2.96. The molecule has 0 saturated carbocycles. The monoisotopic (exact) mass is 402 g/mol. The van der Waals surface area contributed by atoms with Gasteiger partial charge in [0.15, 0.2) is 0 Å². The molecule has 142 valence electrons. The number of hydrogen-bond donors (Lipinski definition) is 0. The van der Waals surface area contributed by atoms with Crippen molar-refractivity contribution in [2.75, 3.05) is 5.75 Å². The van der Waals surface area contributed by atoms with Gasteiger partial charge in [0, 0.05) is 34.4 Å². The number of rotatable bonds is 9. The Morgan fingerprint density at radius 3 is 2.70 bits per heavy atom. The number of thiazole rings is 1. The smallest absolute Gasteiger partial charge is 0.226 e. The van der Waals surface area contributed by atoms with Crippen LogP contribution < -0.4 is 0 Å². The number of hydrogen-bond acceptors (Lipinski definition) is 6. The first kappa shape index (κ1) is 19.6. The zero-order valence-corrected chi connectivity index (χ0v) is 17.1. The Morgan fingerprint density at radius 2 is 2.00 bits per heavy atom. The summed E-state index contributed by atoms with van der Waals surface area (Å²) in [5.41, 5.74) is 2.70. The minimum Gasteiger partial charge on any atom is -0.441 e. The lowest BCUT2D eigenvalue weighted by molar-refractivity contribution is -0.116. The number of ketones is 1. The largest absolute Gasteiger partial charge is 0.441 e. The maximum atomic E-state index is 12.4. The zero-order chi connectivity index (χ0) is 19.2. The fourth-order valence-electron chi connectivity index (χ4n) is 2.65. The summed E-state index contributed by atoms with van der Waals surface area (Å²) in [6.45, 7) is 3.83. The first-order chi connectivity index (χ1) is 13.0. The summed E-state index contributed by atoms with van der Waals surface area (Å²) in [5.74, 6) is 1.48. The van der Waals surface area contributed by atoms with Crippen molar-refractivity contribution < 1.29 is 13.4 Å². The molecule has 0 bridgehead atoms. The van der Waals surface area contributed by atoms with Gasteiger partial charge in [-0.15, -0.1) is 11.3 Å². The van der Waals surface area contributed by atoms with Crippen molar-refractivity contribution in [3.05, 3.63) is 57.9 Å². The van der Waals surface area contributed by atoms with Gasteiger partial charge in [-0.1, -0.05) is 17.7 Å². The van der Waals surface area contributed by atoms with Gasteiger partial charge in [0.25, 0.3) is 0 Å². The first-order valence-electron chi connectivity index (χ1n) is 8.79. The van der Waals surface area contributed by atoms with Gasteiger partial charge in [0.2, 0.25) is 5.89 Å². The van der Waals surface area contributed by atoms with Gasteiger partial charge in [-0.05, 0) is 38.8 Å². The fraction of sp³-hybridized carbons (Fsp3) is 0.350. The maximum Gasteiger partial charge on any atom is 0.226 e. The van der Waals surface area contributed by atoms with Crippen LogP contribution in [0.5, 0.6) is 0 Å². The molecule has 5 nitrogen and oxygen atoms in total. The lowest BCUT2D eigenvalue weighted by atomic mass is 10.1. The third kappa shape index (κ3) is 5.68. The van der Waals surface area contributed by atoms with Gasteiger partial charge in [-0.2, -0.15) is 0 Å². The molecule has 7 heteroatoms. The number of oxazole rings is 1. The van der Waals surface area contributed by atoms with Crippen LogP contribution in [0.4, 0.5) is 0 Å².